The Morgan fingerprint density at radius 3 is 2.60 bits per heavy atom. The molecule has 2 aliphatic heterocycles. The third-order valence-corrected chi connectivity index (χ3v) is 5.15. The molecule has 0 aliphatic carbocycles. The number of hydrogen-bond acceptors (Lipinski definition) is 8. The zero-order chi connectivity index (χ0) is 24.8. The number of carbonyl (C=O) groups is 1. The molecule has 35 heavy (non-hydrogen) atoms. The summed E-state index contributed by atoms with van der Waals surface area (Å²) < 4.78 is 10.5. The SMILES string of the molecule is COC1=C/C(=C(/C=N)C(=N)OC(=N)N[C@H]2N=C(c3ccccc3)c3ccccc3NC2=O)NC=C1. The molecule has 2 heterocycles. The molecule has 6 N–H and O–H groups in total. The highest BCUT2D eigenvalue weighted by molar-refractivity contribution is 6.20. The largest absolute Gasteiger partial charge is 0.497 e. The molecular weight excluding hydrogens is 446 g/mol. The van der Waals surface area contributed by atoms with Gasteiger partial charge in [-0.15, -0.1) is 0 Å². The Hall–Kier alpha value is -4.99. The molecule has 2 aliphatic rings. The molecule has 0 aromatic heterocycles. The molecule has 1 atom stereocenters. The highest BCUT2D eigenvalue weighted by Crippen LogP contribution is 2.23. The van der Waals surface area contributed by atoms with E-state index in [1.165, 1.54) is 7.11 Å². The van der Waals surface area contributed by atoms with Crippen LogP contribution >= 0.6 is 0 Å². The summed E-state index contributed by atoms with van der Waals surface area (Å²) in [5, 5.41) is 32.5. The van der Waals surface area contributed by atoms with Crippen molar-refractivity contribution in [2.75, 3.05) is 12.4 Å². The van der Waals surface area contributed by atoms with Gasteiger partial charge >= 0.3 is 0 Å². The predicted octanol–water partition coefficient (Wildman–Crippen LogP) is 2.87. The molecular formula is C25H23N7O3. The lowest BCUT2D eigenvalue weighted by Crippen LogP contribution is -2.43. The Morgan fingerprint density at radius 1 is 1.11 bits per heavy atom. The fraction of sp³-hybridized carbons (Fsp3) is 0.0800. The molecule has 10 heteroatoms. The number of amides is 1. The molecule has 0 saturated heterocycles. The van der Waals surface area contributed by atoms with Gasteiger partial charge in [-0.25, -0.2) is 4.99 Å². The van der Waals surface area contributed by atoms with E-state index in [4.69, 9.17) is 25.7 Å². The van der Waals surface area contributed by atoms with E-state index in [-0.39, 0.29) is 5.57 Å². The summed E-state index contributed by atoms with van der Waals surface area (Å²) in [4.78, 5) is 17.5. The van der Waals surface area contributed by atoms with Gasteiger partial charge in [-0.3, -0.25) is 15.6 Å². The summed E-state index contributed by atoms with van der Waals surface area (Å²) in [6.45, 7) is 0. The Kier molecular flexibility index (Phi) is 6.82. The zero-order valence-corrected chi connectivity index (χ0v) is 18.8. The first-order valence-electron chi connectivity index (χ1n) is 10.6. The number of amidine groups is 1. The minimum atomic E-state index is -1.19. The molecule has 2 aromatic rings. The number of dihydropyridines is 1. The van der Waals surface area contributed by atoms with Crippen LogP contribution in [0.4, 0.5) is 5.69 Å². The van der Waals surface area contributed by atoms with Crippen LogP contribution < -0.4 is 16.0 Å². The highest BCUT2D eigenvalue weighted by atomic mass is 16.5. The number of methoxy groups -OCH3 is 1. The molecule has 0 saturated carbocycles. The fourth-order valence-corrected chi connectivity index (χ4v) is 3.49. The third kappa shape index (κ3) is 5.17. The van der Waals surface area contributed by atoms with E-state index in [9.17, 15) is 4.79 Å². The van der Waals surface area contributed by atoms with Gasteiger partial charge in [0.1, 0.15) is 5.76 Å². The molecule has 0 bridgehead atoms. The number of anilines is 1. The van der Waals surface area contributed by atoms with Crippen molar-refractivity contribution in [3.63, 3.8) is 0 Å². The number of nitrogens with one attached hydrogen (secondary N) is 6. The van der Waals surface area contributed by atoms with Gasteiger partial charge in [0.15, 0.2) is 0 Å². The van der Waals surface area contributed by atoms with Crippen LogP contribution in [0.5, 0.6) is 0 Å². The van der Waals surface area contributed by atoms with E-state index < -0.39 is 24.0 Å². The number of ether oxygens (including phenoxy) is 2. The number of aliphatic imine (C=N–C) groups is 1. The number of hydrogen-bond donors (Lipinski definition) is 6. The maximum absolute atomic E-state index is 12.9. The lowest BCUT2D eigenvalue weighted by molar-refractivity contribution is -0.117. The molecule has 0 spiro atoms. The summed E-state index contributed by atoms with van der Waals surface area (Å²) in [7, 11) is 1.50. The van der Waals surface area contributed by atoms with E-state index >= 15 is 0 Å². The second-order valence-corrected chi connectivity index (χ2v) is 7.39. The first-order valence-corrected chi connectivity index (χ1v) is 10.6. The van der Waals surface area contributed by atoms with Gasteiger partial charge in [0, 0.05) is 29.6 Å². The second-order valence-electron chi connectivity index (χ2n) is 7.39. The lowest BCUT2D eigenvalue weighted by atomic mass is 10.0. The molecule has 1 amide bonds. The average molecular weight is 470 g/mol. The average Bonchev–Trinajstić information content (AvgIpc) is 3.01. The van der Waals surface area contributed by atoms with E-state index in [1.54, 1.807) is 24.4 Å². The van der Waals surface area contributed by atoms with Crippen molar-refractivity contribution in [1.29, 1.82) is 16.2 Å². The van der Waals surface area contributed by atoms with Crippen molar-refractivity contribution in [3.8, 4) is 0 Å². The maximum Gasteiger partial charge on any atom is 0.290 e. The van der Waals surface area contributed by atoms with Gasteiger partial charge in [-0.1, -0.05) is 48.5 Å². The number of carbonyl (C=O) groups excluding carboxylic acids is 1. The Morgan fingerprint density at radius 2 is 1.86 bits per heavy atom. The second kappa shape index (κ2) is 10.3. The molecule has 10 nitrogen and oxygen atoms in total. The quantitative estimate of drug-likeness (QED) is 0.293. The summed E-state index contributed by atoms with van der Waals surface area (Å²) in [6.07, 6.45) is 4.62. The first kappa shape index (κ1) is 23.2. The third-order valence-electron chi connectivity index (χ3n) is 5.15. The number of benzene rings is 2. The van der Waals surface area contributed by atoms with Crippen molar-refractivity contribution in [2.24, 2.45) is 4.99 Å². The van der Waals surface area contributed by atoms with Crippen LogP contribution in [0, 0.1) is 16.2 Å². The highest BCUT2D eigenvalue weighted by Gasteiger charge is 2.27. The predicted molar refractivity (Wildman–Crippen MR) is 134 cm³/mol. The monoisotopic (exact) mass is 469 g/mol. The van der Waals surface area contributed by atoms with Crippen molar-refractivity contribution in [2.45, 2.75) is 6.17 Å². The standard InChI is InChI=1S/C25H23N7O3/c1-34-16-11-12-29-20(13-16)18(14-26)22(27)35-25(28)32-23-24(33)30-19-10-6-5-9-17(19)21(31-23)15-7-3-2-4-8-15/h2-14,23,26-27,29H,1H3,(H2,28,32)(H,30,33)/b20-18+,26-14?,27-22?/t23-/m1/s1. The van der Waals surface area contributed by atoms with Crippen LogP contribution in [0.2, 0.25) is 0 Å². The molecule has 0 unspecified atom stereocenters. The maximum atomic E-state index is 12.9. The summed E-state index contributed by atoms with van der Waals surface area (Å²) in [6, 6.07) is 16.1. The molecule has 2 aromatic carbocycles. The van der Waals surface area contributed by atoms with Gasteiger partial charge in [-0.2, -0.15) is 0 Å². The fourth-order valence-electron chi connectivity index (χ4n) is 3.49. The number of fused-ring (bicyclic) bond motifs is 1. The number of benzodiazepines with no additional fused rings is 1. The molecule has 0 radical (unpaired) electrons. The number of rotatable bonds is 5. The van der Waals surface area contributed by atoms with E-state index in [0.29, 0.717) is 22.9 Å². The van der Waals surface area contributed by atoms with E-state index in [1.807, 2.05) is 48.5 Å². The van der Waals surface area contributed by atoms with Gasteiger partial charge in [0.2, 0.25) is 12.1 Å². The number of allylic oxidation sites excluding steroid dienone is 2. The topological polar surface area (TPSA) is 156 Å². The van der Waals surface area contributed by atoms with E-state index in [2.05, 4.69) is 20.9 Å². The van der Waals surface area contributed by atoms with Crippen LogP contribution in [0.1, 0.15) is 11.1 Å². The normalized spacial score (nSPS) is 17.9. The Labute approximate surface area is 201 Å². The smallest absolute Gasteiger partial charge is 0.290 e. The van der Waals surface area contributed by atoms with Gasteiger partial charge < -0.3 is 30.8 Å². The van der Waals surface area contributed by atoms with Crippen LogP contribution in [0.25, 0.3) is 0 Å². The molecule has 0 fully saturated rings. The summed E-state index contributed by atoms with van der Waals surface area (Å²) >= 11 is 0. The minimum Gasteiger partial charge on any atom is -0.497 e. The Balaban J connectivity index is 1.57. The van der Waals surface area contributed by atoms with Crippen molar-refractivity contribution < 1.29 is 14.3 Å². The molecule has 4 rings (SSSR count). The van der Waals surface area contributed by atoms with Crippen LogP contribution in [-0.4, -0.2) is 43.0 Å². The van der Waals surface area contributed by atoms with Crippen molar-refractivity contribution in [1.82, 2.24) is 10.6 Å². The van der Waals surface area contributed by atoms with Gasteiger partial charge in [0.25, 0.3) is 11.9 Å². The van der Waals surface area contributed by atoms with Gasteiger partial charge in [0.05, 0.1) is 29.8 Å². The van der Waals surface area contributed by atoms with Crippen molar-refractivity contribution in [3.05, 3.63) is 101 Å². The van der Waals surface area contributed by atoms with E-state index in [0.717, 1.165) is 17.3 Å². The van der Waals surface area contributed by atoms with Crippen LogP contribution in [0.3, 0.4) is 0 Å². The minimum absolute atomic E-state index is 0.0849. The molecule has 176 valence electrons. The zero-order valence-electron chi connectivity index (χ0n) is 18.8. The number of nitrogens with zero attached hydrogens (tertiary/aromatic N) is 1. The van der Waals surface area contributed by atoms with Crippen LogP contribution in [0.15, 0.2) is 95.0 Å². The lowest BCUT2D eigenvalue weighted by Gasteiger charge is -2.17. The number of para-hydroxylation sites is 1. The summed E-state index contributed by atoms with van der Waals surface area (Å²) in [5.74, 6) is -0.427. The van der Waals surface area contributed by atoms with Crippen LogP contribution in [-0.2, 0) is 14.3 Å². The first-order chi connectivity index (χ1) is 17.0. The van der Waals surface area contributed by atoms with Gasteiger partial charge in [-0.05, 0) is 12.1 Å². The van der Waals surface area contributed by atoms with Crippen molar-refractivity contribution >= 4 is 35.4 Å². The summed E-state index contributed by atoms with van der Waals surface area (Å²) in [5.41, 5.74) is 3.18. The Bertz CT molecular complexity index is 1310.